The highest BCUT2D eigenvalue weighted by molar-refractivity contribution is 7.22. The van der Waals surface area contributed by atoms with Gasteiger partial charge in [-0.2, -0.15) is 0 Å². The average molecular weight is 178 g/mol. The third kappa shape index (κ3) is 7.05. The van der Waals surface area contributed by atoms with Crippen LogP contribution < -0.4 is 0 Å². The van der Waals surface area contributed by atoms with E-state index in [0.29, 0.717) is 0 Å². The second-order valence-corrected chi connectivity index (χ2v) is 4.20. The molecule has 0 aliphatic rings. The van der Waals surface area contributed by atoms with Gasteiger partial charge in [-0.1, -0.05) is 6.07 Å². The highest BCUT2D eigenvalue weighted by Gasteiger charge is 1.64. The van der Waals surface area contributed by atoms with Gasteiger partial charge in [0.1, 0.15) is 0 Å². The van der Waals surface area contributed by atoms with Crippen molar-refractivity contribution in [3.05, 3.63) is 22.9 Å². The maximum Gasteiger partial charge on any atom is 0.618 e. The maximum atomic E-state index is 4.90. The van der Waals surface area contributed by atoms with Crippen LogP contribution in [-0.4, -0.2) is 18.2 Å². The van der Waals surface area contributed by atoms with Crippen LogP contribution in [0, 0.1) is 5.38 Å². The Kier molecular flexibility index (Phi) is 9.10. The van der Waals surface area contributed by atoms with Crippen LogP contribution in [0.15, 0.2) is 17.5 Å². The largest absolute Gasteiger partial charge is 0.618 e. The quantitative estimate of drug-likeness (QED) is 0.536. The lowest BCUT2D eigenvalue weighted by molar-refractivity contribution is 2.01. The smallest absolute Gasteiger partial charge is 0.309 e. The van der Waals surface area contributed by atoms with E-state index in [2.05, 4.69) is 5.38 Å². The molecule has 0 aromatic carbocycles. The van der Waals surface area contributed by atoms with E-state index in [9.17, 15) is 0 Å². The van der Waals surface area contributed by atoms with Gasteiger partial charge in [-0.15, -0.1) is 11.3 Å². The summed E-state index contributed by atoms with van der Waals surface area (Å²) >= 11 is 0.949. The molecule has 0 N–H and O–H groups in total. The van der Waals surface area contributed by atoms with E-state index in [1.165, 1.54) is 0 Å². The summed E-state index contributed by atoms with van der Waals surface area (Å²) in [6, 6.07) is 3.86. The van der Waals surface area contributed by atoms with Crippen LogP contribution in [0.2, 0.25) is 0 Å². The Hall–Kier alpha value is 1.05. The molecule has 0 saturated carbocycles. The van der Waals surface area contributed by atoms with Gasteiger partial charge < -0.3 is 18.1 Å². The van der Waals surface area contributed by atoms with E-state index in [-0.39, 0.29) is 0 Å². The zero-order valence-corrected chi connectivity index (χ0v) is 7.85. The Morgan fingerprint density at radius 2 is 2.12 bits per heavy atom. The van der Waals surface area contributed by atoms with Gasteiger partial charge in [-0.05, 0) is 11.4 Å². The van der Waals surface area contributed by atoms with Gasteiger partial charge in [-0.3, -0.25) is 0 Å². The zero-order valence-electron chi connectivity index (χ0n) is 4.10. The van der Waals surface area contributed by atoms with E-state index < -0.39 is 18.2 Å². The van der Waals surface area contributed by atoms with E-state index in [1.807, 2.05) is 17.5 Å². The number of thiophene rings is 1. The monoisotopic (exact) mass is 177 g/mol. The molecule has 1 aromatic heterocycles. The molecule has 0 unspecified atom stereocenters. The van der Waals surface area contributed by atoms with E-state index in [4.69, 9.17) is 18.1 Å². The van der Waals surface area contributed by atoms with Crippen molar-refractivity contribution in [2.45, 2.75) is 0 Å². The van der Waals surface area contributed by atoms with Crippen molar-refractivity contribution in [1.82, 2.24) is 0 Å². The van der Waals surface area contributed by atoms with Crippen molar-refractivity contribution in [3.63, 3.8) is 0 Å². The normalized spacial score (nSPS) is 6.25. The summed E-state index contributed by atoms with van der Waals surface area (Å²) in [6.45, 7) is 0. The number of halogens is 2. The molecule has 4 heteroatoms. The fourth-order valence-electron chi connectivity index (χ4n) is 0.196. The van der Waals surface area contributed by atoms with Crippen LogP contribution in [0.25, 0.3) is 0 Å². The van der Waals surface area contributed by atoms with Gasteiger partial charge in [0.25, 0.3) is 0 Å². The minimum absolute atomic E-state index is 0.639. The van der Waals surface area contributed by atoms with Crippen LogP contribution in [0.3, 0.4) is 0 Å². The first kappa shape index (κ1) is 9.05. The van der Waals surface area contributed by atoms with Crippen molar-refractivity contribution >= 4 is 47.6 Å². The standard InChI is InChI=1S/C4H3S.2ClH.Mg/c1-2-4-5-3-1;;;/h1-3H;2*1H;/q;;;+2/p-2. The molecular weight excluding hydrogens is 175 g/mol. The summed E-state index contributed by atoms with van der Waals surface area (Å²) in [5, 5.41) is 4.89. The molecule has 1 aromatic rings. The molecular formula is C4H3Cl2MgS. The Balaban J connectivity index is 0.000000145. The third-order valence-corrected chi connectivity index (χ3v) is 0.944. The summed E-state index contributed by atoms with van der Waals surface area (Å²) in [4.78, 5) is 0. The molecule has 0 amide bonds. The summed E-state index contributed by atoms with van der Waals surface area (Å²) in [7, 11) is 9.81. The molecule has 0 nitrogen and oxygen atoms in total. The zero-order chi connectivity index (χ0) is 6.24. The Morgan fingerprint density at radius 1 is 1.50 bits per heavy atom. The first-order valence-corrected chi connectivity index (χ1v) is 7.09. The molecule has 1 heterocycles. The SMILES string of the molecule is [Cl][Mg][Cl].[c]1cccs1. The first-order valence-electron chi connectivity index (χ1n) is 1.93. The Labute approximate surface area is 70.1 Å². The number of hydrogen-bond donors (Lipinski definition) is 0. The predicted molar refractivity (Wildman–Crippen MR) is 40.6 cm³/mol. The minimum atomic E-state index is -0.639. The van der Waals surface area contributed by atoms with Crippen LogP contribution in [0.4, 0.5) is 0 Å². The number of hydrogen-bond acceptors (Lipinski definition) is 1. The Morgan fingerprint density at radius 3 is 2.25 bits per heavy atom. The summed E-state index contributed by atoms with van der Waals surface area (Å²) < 4.78 is 0. The summed E-state index contributed by atoms with van der Waals surface area (Å²) in [6.07, 6.45) is 0. The number of rotatable bonds is 0. The second kappa shape index (κ2) is 8.05. The van der Waals surface area contributed by atoms with Gasteiger partial charge >= 0.3 is 18.2 Å². The van der Waals surface area contributed by atoms with Crippen molar-refractivity contribution in [1.29, 1.82) is 0 Å². The Bertz CT molecular complexity index is 80.9. The minimum Gasteiger partial charge on any atom is -0.309 e. The second-order valence-electron chi connectivity index (χ2n) is 0.832. The molecule has 0 saturated heterocycles. The van der Waals surface area contributed by atoms with Crippen molar-refractivity contribution in [3.8, 4) is 0 Å². The van der Waals surface area contributed by atoms with Crippen LogP contribution in [-0.2, 0) is 0 Å². The maximum absolute atomic E-state index is 4.90. The van der Waals surface area contributed by atoms with Gasteiger partial charge in [0.15, 0.2) is 0 Å². The third-order valence-electron chi connectivity index (χ3n) is 0.379. The van der Waals surface area contributed by atoms with Gasteiger partial charge in [-0.25, -0.2) is 0 Å². The molecule has 41 valence electrons. The van der Waals surface area contributed by atoms with E-state index in [1.54, 1.807) is 11.3 Å². The van der Waals surface area contributed by atoms with Crippen LogP contribution in [0.5, 0.6) is 0 Å². The lowest BCUT2D eigenvalue weighted by atomic mass is 10.7. The fourth-order valence-corrected chi connectivity index (χ4v) is 0.589. The molecule has 0 spiro atoms. The van der Waals surface area contributed by atoms with Crippen LogP contribution >= 0.6 is 29.5 Å². The molecule has 0 atom stereocenters. The summed E-state index contributed by atoms with van der Waals surface area (Å²) in [5.41, 5.74) is 0. The van der Waals surface area contributed by atoms with Crippen molar-refractivity contribution < 1.29 is 0 Å². The van der Waals surface area contributed by atoms with Gasteiger partial charge in [0.05, 0.1) is 0 Å². The van der Waals surface area contributed by atoms with Crippen molar-refractivity contribution in [2.75, 3.05) is 0 Å². The average Bonchev–Trinajstić information content (AvgIpc) is 2.17. The molecule has 8 heavy (non-hydrogen) atoms. The molecule has 0 aliphatic carbocycles. The van der Waals surface area contributed by atoms with Crippen LogP contribution in [0.1, 0.15) is 0 Å². The molecule has 0 fully saturated rings. The summed E-state index contributed by atoms with van der Waals surface area (Å²) in [5.74, 6) is 0. The molecule has 0 bridgehead atoms. The highest BCUT2D eigenvalue weighted by atomic mass is 35.6. The lowest BCUT2D eigenvalue weighted by Gasteiger charge is -1.38. The topological polar surface area (TPSA) is 0 Å². The van der Waals surface area contributed by atoms with Crippen molar-refractivity contribution in [2.24, 2.45) is 0 Å². The van der Waals surface area contributed by atoms with Gasteiger partial charge in [0.2, 0.25) is 0 Å². The van der Waals surface area contributed by atoms with E-state index >= 15 is 0 Å². The fraction of sp³-hybridized carbons (Fsp3) is 0. The molecule has 0 aliphatic heterocycles. The van der Waals surface area contributed by atoms with E-state index in [0.717, 1.165) is 0 Å². The van der Waals surface area contributed by atoms with Gasteiger partial charge in [0, 0.05) is 5.38 Å². The molecule has 1 rings (SSSR count). The lowest BCUT2D eigenvalue weighted by Crippen LogP contribution is -1.36. The highest BCUT2D eigenvalue weighted by Crippen LogP contribution is 1.90. The first-order chi connectivity index (χ1) is 3.91. The predicted octanol–water partition coefficient (Wildman–Crippen LogP) is 2.55. The molecule has 1 radical (unpaired) electrons.